The Morgan fingerprint density at radius 2 is 1.81 bits per heavy atom. The number of nitrogens with zero attached hydrogens (tertiary/aromatic N) is 2. The number of amides is 1. The second-order valence-electron chi connectivity index (χ2n) is 6.47. The Kier molecular flexibility index (Phi) is 4.86. The zero-order chi connectivity index (χ0) is 19.1. The number of fused-ring (bicyclic) bond motifs is 1. The molecule has 26 heavy (non-hydrogen) atoms. The molecule has 0 spiro atoms. The lowest BCUT2D eigenvalue weighted by Crippen LogP contribution is -2.14. The van der Waals surface area contributed by atoms with Crippen molar-refractivity contribution in [2.45, 2.75) is 25.2 Å². The monoisotopic (exact) mass is 388 g/mol. The fourth-order valence-corrected chi connectivity index (χ4v) is 4.57. The first-order valence-corrected chi connectivity index (χ1v) is 10.8. The highest BCUT2D eigenvalue weighted by Crippen LogP contribution is 2.22. The number of carbonyl (C=O) groups is 1. The maximum Gasteiger partial charge on any atom is 0.252 e. The van der Waals surface area contributed by atoms with Crippen LogP contribution in [0.1, 0.15) is 16.7 Å². The van der Waals surface area contributed by atoms with Crippen LogP contribution in [0.25, 0.3) is 10.2 Å². The number of benzene rings is 2. The predicted octanol–water partition coefficient (Wildman–Crippen LogP) is 2.93. The first kappa shape index (κ1) is 18.5. The molecule has 0 aliphatic carbocycles. The summed E-state index contributed by atoms with van der Waals surface area (Å²) in [5.41, 5.74) is 4.15. The number of sulfone groups is 1. The van der Waals surface area contributed by atoms with E-state index in [1.807, 2.05) is 18.5 Å². The number of thiazole rings is 1. The summed E-state index contributed by atoms with van der Waals surface area (Å²) in [5, 5.41) is 0. The van der Waals surface area contributed by atoms with Crippen molar-refractivity contribution in [3.63, 3.8) is 0 Å². The minimum atomic E-state index is -3.23. The molecule has 1 amide bonds. The number of rotatable bonds is 3. The van der Waals surface area contributed by atoms with Crippen LogP contribution in [0.3, 0.4) is 0 Å². The minimum Gasteiger partial charge on any atom is -0.319 e. The first-order valence-electron chi connectivity index (χ1n) is 8.08. The van der Waals surface area contributed by atoms with Crippen LogP contribution in [-0.4, -0.2) is 25.1 Å². The zero-order valence-electron chi connectivity index (χ0n) is 15.1. The van der Waals surface area contributed by atoms with Crippen LogP contribution in [0.15, 0.2) is 46.3 Å². The largest absolute Gasteiger partial charge is 0.319 e. The predicted molar refractivity (Wildman–Crippen MR) is 104 cm³/mol. The van der Waals surface area contributed by atoms with E-state index in [1.54, 1.807) is 12.1 Å². The summed E-state index contributed by atoms with van der Waals surface area (Å²) in [4.78, 5) is 17.5. The molecule has 0 aliphatic rings. The second kappa shape index (κ2) is 6.81. The van der Waals surface area contributed by atoms with Gasteiger partial charge in [0, 0.05) is 13.3 Å². The molecule has 0 unspecified atom stereocenters. The molecule has 2 aromatic carbocycles. The van der Waals surface area contributed by atoms with Crippen LogP contribution in [0, 0.1) is 13.8 Å². The van der Waals surface area contributed by atoms with Crippen LogP contribution >= 0.6 is 11.3 Å². The van der Waals surface area contributed by atoms with E-state index in [0.717, 1.165) is 22.0 Å². The van der Waals surface area contributed by atoms with E-state index >= 15 is 0 Å². The van der Waals surface area contributed by atoms with Gasteiger partial charge in [-0.05, 0) is 48.7 Å². The van der Waals surface area contributed by atoms with Gasteiger partial charge in [0.25, 0.3) is 5.91 Å². The molecular formula is C19H20N2O3S2. The van der Waals surface area contributed by atoms with Gasteiger partial charge in [0.15, 0.2) is 14.6 Å². The Balaban J connectivity index is 1.91. The number of hydrogen-bond donors (Lipinski definition) is 0. The Morgan fingerprint density at radius 1 is 1.15 bits per heavy atom. The Labute approximate surface area is 156 Å². The van der Waals surface area contributed by atoms with Crippen molar-refractivity contribution in [3.8, 4) is 0 Å². The van der Waals surface area contributed by atoms with E-state index in [1.165, 1.54) is 34.6 Å². The van der Waals surface area contributed by atoms with Crippen LogP contribution in [0.5, 0.6) is 0 Å². The van der Waals surface area contributed by atoms with Crippen LogP contribution < -0.4 is 4.80 Å². The lowest BCUT2D eigenvalue weighted by molar-refractivity contribution is -0.117. The van der Waals surface area contributed by atoms with Crippen molar-refractivity contribution < 1.29 is 13.2 Å². The summed E-state index contributed by atoms with van der Waals surface area (Å²) in [6, 6.07) is 10.6. The third-order valence-electron chi connectivity index (χ3n) is 4.17. The Morgan fingerprint density at radius 3 is 2.42 bits per heavy atom. The van der Waals surface area contributed by atoms with Crippen molar-refractivity contribution >= 4 is 37.3 Å². The van der Waals surface area contributed by atoms with Crippen LogP contribution in [0.2, 0.25) is 0 Å². The van der Waals surface area contributed by atoms with Crippen molar-refractivity contribution in [1.29, 1.82) is 0 Å². The van der Waals surface area contributed by atoms with Crippen LogP contribution in [0.4, 0.5) is 0 Å². The van der Waals surface area contributed by atoms with Gasteiger partial charge >= 0.3 is 0 Å². The van der Waals surface area contributed by atoms with E-state index in [2.05, 4.69) is 24.0 Å². The van der Waals surface area contributed by atoms with Crippen molar-refractivity contribution in [1.82, 2.24) is 4.57 Å². The van der Waals surface area contributed by atoms with Gasteiger partial charge in [-0.25, -0.2) is 8.42 Å². The lowest BCUT2D eigenvalue weighted by atomic mass is 10.1. The van der Waals surface area contributed by atoms with Gasteiger partial charge < -0.3 is 4.57 Å². The van der Waals surface area contributed by atoms with Crippen LogP contribution in [-0.2, 0) is 28.1 Å². The molecule has 0 atom stereocenters. The van der Waals surface area contributed by atoms with Gasteiger partial charge in [0.1, 0.15) is 0 Å². The molecule has 0 N–H and O–H groups in total. The molecule has 5 nitrogen and oxygen atoms in total. The summed E-state index contributed by atoms with van der Waals surface area (Å²) >= 11 is 1.50. The maximum atomic E-state index is 12.4. The number of hydrogen-bond acceptors (Lipinski definition) is 4. The number of aryl methyl sites for hydroxylation is 3. The van der Waals surface area contributed by atoms with Gasteiger partial charge in [0.05, 0.1) is 21.5 Å². The van der Waals surface area contributed by atoms with Gasteiger partial charge in [-0.2, -0.15) is 4.99 Å². The normalized spacial score (nSPS) is 12.7. The molecule has 136 valence electrons. The number of aromatic nitrogens is 1. The van der Waals surface area contributed by atoms with Crippen molar-refractivity contribution in [3.05, 3.63) is 57.9 Å². The summed E-state index contributed by atoms with van der Waals surface area (Å²) in [5.74, 6) is -0.256. The molecule has 1 aromatic heterocycles. The fourth-order valence-electron chi connectivity index (χ4n) is 2.85. The first-order chi connectivity index (χ1) is 12.1. The third kappa shape index (κ3) is 3.78. The van der Waals surface area contributed by atoms with Gasteiger partial charge in [-0.3, -0.25) is 4.79 Å². The quantitative estimate of drug-likeness (QED) is 0.693. The van der Waals surface area contributed by atoms with Gasteiger partial charge in [-0.15, -0.1) is 0 Å². The second-order valence-corrected chi connectivity index (χ2v) is 9.47. The molecule has 1 heterocycles. The fraction of sp³-hybridized carbons (Fsp3) is 0.263. The van der Waals surface area contributed by atoms with E-state index in [0.29, 0.717) is 4.80 Å². The highest BCUT2D eigenvalue weighted by Gasteiger charge is 2.10. The average Bonchev–Trinajstić information content (AvgIpc) is 2.84. The molecular weight excluding hydrogens is 368 g/mol. The van der Waals surface area contributed by atoms with Gasteiger partial charge in [0.2, 0.25) is 0 Å². The Hall–Kier alpha value is -2.25. The SMILES string of the molecule is Cc1cc(C)c2sc(=NC(=O)Cc3ccc(S(C)(=O)=O)cc3)n(C)c2c1. The molecule has 0 fully saturated rings. The highest BCUT2D eigenvalue weighted by molar-refractivity contribution is 7.90. The minimum absolute atomic E-state index is 0.135. The smallest absolute Gasteiger partial charge is 0.252 e. The zero-order valence-corrected chi connectivity index (χ0v) is 16.7. The third-order valence-corrected chi connectivity index (χ3v) is 6.58. The summed E-state index contributed by atoms with van der Waals surface area (Å²) in [7, 11) is -1.33. The van der Waals surface area contributed by atoms with E-state index in [-0.39, 0.29) is 17.2 Å². The molecule has 7 heteroatoms. The summed E-state index contributed by atoms with van der Waals surface area (Å²) < 4.78 is 26.1. The van der Waals surface area contributed by atoms with Crippen molar-refractivity contribution in [2.75, 3.05) is 6.26 Å². The maximum absolute atomic E-state index is 12.4. The summed E-state index contributed by atoms with van der Waals surface area (Å²) in [6.07, 6.45) is 1.30. The highest BCUT2D eigenvalue weighted by atomic mass is 32.2. The molecule has 0 aliphatic heterocycles. The topological polar surface area (TPSA) is 68.5 Å². The average molecular weight is 389 g/mol. The molecule has 0 saturated carbocycles. The summed E-state index contributed by atoms with van der Waals surface area (Å²) in [6.45, 7) is 4.10. The number of carbonyl (C=O) groups excluding carboxylic acids is 1. The molecule has 0 radical (unpaired) electrons. The van der Waals surface area contributed by atoms with Crippen molar-refractivity contribution in [2.24, 2.45) is 12.0 Å². The standard InChI is InChI=1S/C19H20N2O3S2/c1-12-9-13(2)18-16(10-12)21(3)19(25-18)20-17(22)11-14-5-7-15(8-6-14)26(4,23)24/h5-10H,11H2,1-4H3. The molecule has 0 saturated heterocycles. The lowest BCUT2D eigenvalue weighted by Gasteiger charge is -2.01. The van der Waals surface area contributed by atoms with Gasteiger partial charge in [-0.1, -0.05) is 29.5 Å². The van der Waals surface area contributed by atoms with E-state index in [9.17, 15) is 13.2 Å². The van der Waals surface area contributed by atoms with E-state index in [4.69, 9.17) is 0 Å². The van der Waals surface area contributed by atoms with E-state index < -0.39 is 9.84 Å². The Bertz CT molecular complexity index is 1170. The molecule has 0 bridgehead atoms. The molecule has 3 aromatic rings. The molecule has 3 rings (SSSR count).